The fraction of sp³-hybridized carbons (Fsp3) is 0. The Labute approximate surface area is 144 Å². The maximum atomic E-state index is 10.2. The molecule has 0 unspecified atom stereocenters. The molecular formula is C14H10N2O10. The molecule has 0 aliphatic heterocycles. The van der Waals surface area contributed by atoms with Gasteiger partial charge in [0.1, 0.15) is 11.5 Å². The Balaban J connectivity index is 0.000000260. The van der Waals surface area contributed by atoms with Crippen LogP contribution in [0.1, 0.15) is 0 Å². The quantitative estimate of drug-likeness (QED) is 0.352. The largest absolute Gasteiger partial charge is 0.511 e. The van der Waals surface area contributed by atoms with Gasteiger partial charge in [-0.2, -0.15) is 0 Å². The summed E-state index contributed by atoms with van der Waals surface area (Å²) in [6.45, 7) is 0. The molecule has 2 rings (SSSR count). The van der Waals surface area contributed by atoms with E-state index in [-0.39, 0.29) is 22.9 Å². The lowest BCUT2D eigenvalue weighted by Crippen LogP contribution is -2.02. The molecule has 12 heteroatoms. The van der Waals surface area contributed by atoms with Gasteiger partial charge in [0.15, 0.2) is 0 Å². The molecule has 0 aliphatic carbocycles. The number of non-ortho nitro benzene ring substituents is 2. The van der Waals surface area contributed by atoms with Crippen LogP contribution in [0.15, 0.2) is 48.5 Å². The van der Waals surface area contributed by atoms with Crippen molar-refractivity contribution in [3.8, 4) is 11.5 Å². The number of hydrogen-bond donors (Lipinski definition) is 2. The Morgan fingerprint density at radius 1 is 0.692 bits per heavy atom. The Morgan fingerprint density at radius 3 is 1.15 bits per heavy atom. The summed E-state index contributed by atoms with van der Waals surface area (Å²) in [5.74, 6) is 0.108. The van der Waals surface area contributed by atoms with E-state index in [0.717, 1.165) is 24.3 Å². The van der Waals surface area contributed by atoms with Crippen LogP contribution < -0.4 is 9.47 Å². The Morgan fingerprint density at radius 2 is 0.962 bits per heavy atom. The van der Waals surface area contributed by atoms with Crippen molar-refractivity contribution in [3.05, 3.63) is 68.8 Å². The number of ether oxygens (including phenoxy) is 2. The van der Waals surface area contributed by atoms with Gasteiger partial charge in [-0.1, -0.05) is 0 Å². The van der Waals surface area contributed by atoms with Crippen LogP contribution in [0.4, 0.5) is 21.0 Å². The first-order valence-electron chi connectivity index (χ1n) is 6.49. The van der Waals surface area contributed by atoms with Crippen molar-refractivity contribution in [1.29, 1.82) is 0 Å². The molecule has 2 N–H and O–H groups in total. The predicted molar refractivity (Wildman–Crippen MR) is 83.5 cm³/mol. The zero-order chi connectivity index (χ0) is 19.7. The number of nitro benzene ring substituents is 2. The van der Waals surface area contributed by atoms with Gasteiger partial charge in [0.25, 0.3) is 11.4 Å². The van der Waals surface area contributed by atoms with Gasteiger partial charge in [0.2, 0.25) is 0 Å². The Bertz CT molecular complexity index is 732. The zero-order valence-corrected chi connectivity index (χ0v) is 12.7. The van der Waals surface area contributed by atoms with Crippen LogP contribution in [0, 0.1) is 20.2 Å². The summed E-state index contributed by atoms with van der Waals surface area (Å²) in [7, 11) is 0. The van der Waals surface area contributed by atoms with Crippen LogP contribution in [0.2, 0.25) is 0 Å². The second-order valence-electron chi connectivity index (χ2n) is 4.24. The molecule has 136 valence electrons. The zero-order valence-electron chi connectivity index (χ0n) is 12.7. The first-order valence-corrected chi connectivity index (χ1v) is 6.49. The molecule has 12 nitrogen and oxygen atoms in total. The summed E-state index contributed by atoms with van der Waals surface area (Å²) in [5.41, 5.74) is -0.226. The average Bonchev–Trinajstić information content (AvgIpc) is 2.55. The second-order valence-corrected chi connectivity index (χ2v) is 4.24. The van der Waals surface area contributed by atoms with E-state index >= 15 is 0 Å². The third-order valence-corrected chi connectivity index (χ3v) is 2.51. The standard InChI is InChI=1S/2C7H5NO5/c2*9-7(10)13-6-3-1-5(2-4-6)8(11)12/h2*1-4H,(H,9,10). The van der Waals surface area contributed by atoms with E-state index < -0.39 is 22.2 Å². The summed E-state index contributed by atoms with van der Waals surface area (Å²) in [6, 6.07) is 9.52. The van der Waals surface area contributed by atoms with Crippen LogP contribution in [0.3, 0.4) is 0 Å². The van der Waals surface area contributed by atoms with Gasteiger partial charge in [-0.05, 0) is 24.3 Å². The third-order valence-electron chi connectivity index (χ3n) is 2.51. The van der Waals surface area contributed by atoms with Crippen LogP contribution in [-0.4, -0.2) is 32.4 Å². The Hall–Kier alpha value is -4.22. The first-order chi connectivity index (χ1) is 12.2. The molecule has 2 aromatic carbocycles. The lowest BCUT2D eigenvalue weighted by atomic mass is 10.3. The minimum Gasteiger partial charge on any atom is -0.449 e. The molecule has 2 aromatic rings. The van der Waals surface area contributed by atoms with E-state index in [1.807, 2.05) is 0 Å². The van der Waals surface area contributed by atoms with Gasteiger partial charge >= 0.3 is 12.3 Å². The van der Waals surface area contributed by atoms with Crippen LogP contribution in [0.5, 0.6) is 11.5 Å². The molecule has 0 aromatic heterocycles. The predicted octanol–water partition coefficient (Wildman–Crippen LogP) is 3.30. The first kappa shape index (κ1) is 19.8. The number of benzene rings is 2. The summed E-state index contributed by atoms with van der Waals surface area (Å²) in [5, 5.41) is 36.7. The molecule has 0 radical (unpaired) electrons. The molecule has 0 amide bonds. The molecule has 0 heterocycles. The molecule has 0 bridgehead atoms. The lowest BCUT2D eigenvalue weighted by Gasteiger charge is -1.97. The van der Waals surface area contributed by atoms with E-state index in [0.29, 0.717) is 0 Å². The van der Waals surface area contributed by atoms with E-state index in [4.69, 9.17) is 10.2 Å². The van der Waals surface area contributed by atoms with Crippen LogP contribution >= 0.6 is 0 Å². The summed E-state index contributed by atoms with van der Waals surface area (Å²) in [6.07, 6.45) is -2.90. The summed E-state index contributed by atoms with van der Waals surface area (Å²) in [4.78, 5) is 39.3. The van der Waals surface area contributed by atoms with Crippen molar-refractivity contribution in [3.63, 3.8) is 0 Å². The van der Waals surface area contributed by atoms with Gasteiger partial charge in [-0.3, -0.25) is 20.2 Å². The minimum absolute atomic E-state index is 0.0538. The molecule has 0 fully saturated rings. The molecule has 0 saturated carbocycles. The van der Waals surface area contributed by atoms with E-state index in [2.05, 4.69) is 9.47 Å². The van der Waals surface area contributed by atoms with Crippen molar-refractivity contribution >= 4 is 23.7 Å². The van der Waals surface area contributed by atoms with E-state index in [1.54, 1.807) is 0 Å². The average molecular weight is 366 g/mol. The lowest BCUT2D eigenvalue weighted by molar-refractivity contribution is -0.385. The number of carbonyl (C=O) groups is 2. The summed E-state index contributed by atoms with van der Waals surface area (Å²) >= 11 is 0. The number of rotatable bonds is 4. The number of nitrogens with zero attached hydrogens (tertiary/aromatic N) is 2. The van der Waals surface area contributed by atoms with Crippen molar-refractivity contribution in [2.75, 3.05) is 0 Å². The molecule has 0 saturated heterocycles. The van der Waals surface area contributed by atoms with Gasteiger partial charge in [0, 0.05) is 24.3 Å². The number of nitro groups is 2. The fourth-order valence-corrected chi connectivity index (χ4v) is 1.47. The molecule has 0 aliphatic rings. The van der Waals surface area contributed by atoms with Gasteiger partial charge < -0.3 is 19.7 Å². The van der Waals surface area contributed by atoms with Crippen LogP contribution in [-0.2, 0) is 0 Å². The van der Waals surface area contributed by atoms with E-state index in [1.165, 1.54) is 24.3 Å². The highest BCUT2D eigenvalue weighted by molar-refractivity contribution is 5.61. The monoisotopic (exact) mass is 366 g/mol. The highest BCUT2D eigenvalue weighted by Crippen LogP contribution is 2.17. The molecule has 26 heavy (non-hydrogen) atoms. The van der Waals surface area contributed by atoms with Gasteiger partial charge in [-0.25, -0.2) is 9.59 Å². The topological polar surface area (TPSA) is 179 Å². The smallest absolute Gasteiger partial charge is 0.449 e. The highest BCUT2D eigenvalue weighted by atomic mass is 16.7. The fourth-order valence-electron chi connectivity index (χ4n) is 1.47. The minimum atomic E-state index is -1.45. The highest BCUT2D eigenvalue weighted by Gasteiger charge is 2.06. The van der Waals surface area contributed by atoms with Crippen molar-refractivity contribution in [2.45, 2.75) is 0 Å². The SMILES string of the molecule is O=C(O)Oc1ccc([N+](=O)[O-])cc1.O=C(O)Oc1ccc([N+](=O)[O-])cc1. The van der Waals surface area contributed by atoms with Crippen molar-refractivity contribution in [1.82, 2.24) is 0 Å². The third kappa shape index (κ3) is 6.91. The number of hydrogen-bond acceptors (Lipinski definition) is 8. The maximum Gasteiger partial charge on any atom is 0.511 e. The Kier molecular flexibility index (Phi) is 6.99. The van der Waals surface area contributed by atoms with Crippen molar-refractivity contribution in [2.24, 2.45) is 0 Å². The molecule has 0 atom stereocenters. The maximum absolute atomic E-state index is 10.2. The molecular weight excluding hydrogens is 356 g/mol. The summed E-state index contributed by atoms with van der Waals surface area (Å²) < 4.78 is 8.49. The van der Waals surface area contributed by atoms with Crippen LogP contribution in [0.25, 0.3) is 0 Å². The van der Waals surface area contributed by atoms with Crippen molar-refractivity contribution < 1.29 is 39.1 Å². The van der Waals surface area contributed by atoms with Gasteiger partial charge in [0.05, 0.1) is 9.85 Å². The number of carboxylic acid groups (broad SMARTS) is 2. The molecule has 0 spiro atoms. The van der Waals surface area contributed by atoms with Gasteiger partial charge in [-0.15, -0.1) is 0 Å². The van der Waals surface area contributed by atoms with E-state index in [9.17, 15) is 29.8 Å². The second kappa shape index (κ2) is 9.17. The normalized spacial score (nSPS) is 9.23.